The Kier molecular flexibility index (Phi) is 5.66. The van der Waals surface area contributed by atoms with Crippen LogP contribution in [0.25, 0.3) is 22.6 Å². The number of rotatable bonds is 6. The Bertz CT molecular complexity index is 1030. The number of aromatic amines is 1. The third-order valence-electron chi connectivity index (χ3n) is 3.86. The minimum Gasteiger partial charge on any atom is -0.338 e. The molecule has 2 aromatic heterocycles. The van der Waals surface area contributed by atoms with Crippen LogP contribution < -0.4 is 0 Å². The van der Waals surface area contributed by atoms with E-state index in [1.54, 1.807) is 11.8 Å². The molecule has 4 aromatic rings. The van der Waals surface area contributed by atoms with Gasteiger partial charge in [0.1, 0.15) is 0 Å². The summed E-state index contributed by atoms with van der Waals surface area (Å²) in [5.41, 5.74) is 3.01. The minimum atomic E-state index is 0.559. The molecule has 0 saturated heterocycles. The highest BCUT2D eigenvalue weighted by Gasteiger charge is 2.11. The fourth-order valence-electron chi connectivity index (χ4n) is 2.45. The van der Waals surface area contributed by atoms with Gasteiger partial charge in [0.2, 0.25) is 11.7 Å². The molecule has 0 bridgehead atoms. The molecule has 0 saturated carbocycles. The van der Waals surface area contributed by atoms with Gasteiger partial charge in [0.25, 0.3) is 0 Å². The molecule has 4 rings (SSSR count). The van der Waals surface area contributed by atoms with Gasteiger partial charge in [-0.3, -0.25) is 0 Å². The molecule has 2 heterocycles. The maximum absolute atomic E-state index is 5.37. The smallest absolute Gasteiger partial charge is 0.237 e. The lowest BCUT2D eigenvalue weighted by Gasteiger charge is -1.97. The van der Waals surface area contributed by atoms with Crippen LogP contribution in [-0.2, 0) is 5.75 Å². The fourth-order valence-corrected chi connectivity index (χ4v) is 3.81. The van der Waals surface area contributed by atoms with E-state index in [0.29, 0.717) is 17.5 Å². The molecule has 2 aromatic carbocycles. The number of benzene rings is 2. The molecule has 1 N–H and O–H groups in total. The first-order chi connectivity index (χ1) is 13.2. The Hall–Kier alpha value is -2.03. The summed E-state index contributed by atoms with van der Waals surface area (Å²) in [5.74, 6) is 1.74. The highest BCUT2D eigenvalue weighted by Crippen LogP contribution is 2.26. The van der Waals surface area contributed by atoms with Crippen LogP contribution in [0, 0.1) is 0 Å². The standard InChI is InChI=1S/C19H15BrN4OS2/c1-26-15-8-4-13(5-9-15)18-23-17(25-24-18)11-27-19-21-10-16(22-19)12-2-6-14(20)7-3-12/h2-10H,11H2,1H3,(H,21,22). The lowest BCUT2D eigenvalue weighted by molar-refractivity contribution is 0.391. The first-order valence-corrected chi connectivity index (χ1v) is 11.1. The number of nitrogens with zero attached hydrogens (tertiary/aromatic N) is 3. The molecule has 0 aliphatic carbocycles. The van der Waals surface area contributed by atoms with Crippen LogP contribution in [0.5, 0.6) is 0 Å². The van der Waals surface area contributed by atoms with Crippen molar-refractivity contribution in [1.29, 1.82) is 0 Å². The first kappa shape index (κ1) is 18.3. The Morgan fingerprint density at radius 1 is 1.04 bits per heavy atom. The van der Waals surface area contributed by atoms with Crippen LogP contribution in [0.3, 0.4) is 0 Å². The van der Waals surface area contributed by atoms with E-state index in [-0.39, 0.29) is 0 Å². The van der Waals surface area contributed by atoms with Crippen LogP contribution in [0.2, 0.25) is 0 Å². The predicted molar refractivity (Wildman–Crippen MR) is 113 cm³/mol. The Morgan fingerprint density at radius 2 is 1.78 bits per heavy atom. The Morgan fingerprint density at radius 3 is 2.52 bits per heavy atom. The van der Waals surface area contributed by atoms with Crippen LogP contribution in [-0.4, -0.2) is 26.4 Å². The summed E-state index contributed by atoms with van der Waals surface area (Å²) in [6.45, 7) is 0. The minimum absolute atomic E-state index is 0.559. The number of imidazole rings is 1. The van der Waals surface area contributed by atoms with Gasteiger partial charge in [-0.1, -0.05) is 45.0 Å². The number of hydrogen-bond donors (Lipinski definition) is 1. The number of halogens is 1. The molecular weight excluding hydrogens is 444 g/mol. The van der Waals surface area contributed by atoms with E-state index in [4.69, 9.17) is 4.52 Å². The molecular formula is C19H15BrN4OS2. The van der Waals surface area contributed by atoms with E-state index in [0.717, 1.165) is 26.4 Å². The molecule has 0 amide bonds. The topological polar surface area (TPSA) is 67.6 Å². The first-order valence-electron chi connectivity index (χ1n) is 8.12. The zero-order valence-electron chi connectivity index (χ0n) is 14.3. The molecule has 0 spiro atoms. The van der Waals surface area contributed by atoms with Crippen molar-refractivity contribution in [2.45, 2.75) is 15.8 Å². The molecule has 8 heteroatoms. The van der Waals surface area contributed by atoms with E-state index < -0.39 is 0 Å². The van der Waals surface area contributed by atoms with Gasteiger partial charge >= 0.3 is 0 Å². The van der Waals surface area contributed by atoms with Crippen LogP contribution >= 0.6 is 39.5 Å². The molecule has 0 unspecified atom stereocenters. The van der Waals surface area contributed by atoms with Gasteiger partial charge in [-0.2, -0.15) is 4.98 Å². The van der Waals surface area contributed by atoms with Gasteiger partial charge in [-0.25, -0.2) is 4.98 Å². The Balaban J connectivity index is 1.40. The number of H-pyrrole nitrogens is 1. The summed E-state index contributed by atoms with van der Waals surface area (Å²) in [6, 6.07) is 16.2. The second kappa shape index (κ2) is 8.33. The molecule has 0 radical (unpaired) electrons. The van der Waals surface area contributed by atoms with Crippen molar-refractivity contribution in [2.24, 2.45) is 0 Å². The quantitative estimate of drug-likeness (QED) is 0.362. The Labute approximate surface area is 173 Å². The fraction of sp³-hybridized carbons (Fsp3) is 0.105. The second-order valence-electron chi connectivity index (χ2n) is 5.64. The van der Waals surface area contributed by atoms with Gasteiger partial charge in [0.05, 0.1) is 17.6 Å². The van der Waals surface area contributed by atoms with Gasteiger partial charge in [0, 0.05) is 14.9 Å². The van der Waals surface area contributed by atoms with Gasteiger partial charge in [-0.15, -0.1) is 11.8 Å². The molecule has 0 aliphatic rings. The van der Waals surface area contributed by atoms with E-state index >= 15 is 0 Å². The highest BCUT2D eigenvalue weighted by molar-refractivity contribution is 9.10. The summed E-state index contributed by atoms with van der Waals surface area (Å²) < 4.78 is 6.42. The number of nitrogens with one attached hydrogen (secondary N) is 1. The summed E-state index contributed by atoms with van der Waals surface area (Å²) in [4.78, 5) is 13.4. The summed E-state index contributed by atoms with van der Waals surface area (Å²) >= 11 is 6.68. The molecule has 0 fully saturated rings. The average molecular weight is 459 g/mol. The third-order valence-corrected chi connectivity index (χ3v) is 6.00. The van der Waals surface area contributed by atoms with E-state index in [1.807, 2.05) is 42.6 Å². The van der Waals surface area contributed by atoms with E-state index in [1.165, 1.54) is 16.7 Å². The van der Waals surface area contributed by atoms with Gasteiger partial charge in [0.15, 0.2) is 5.16 Å². The van der Waals surface area contributed by atoms with Crippen molar-refractivity contribution in [2.75, 3.05) is 6.26 Å². The largest absolute Gasteiger partial charge is 0.338 e. The lowest BCUT2D eigenvalue weighted by Crippen LogP contribution is -1.84. The maximum atomic E-state index is 5.37. The van der Waals surface area contributed by atoms with Crippen LogP contribution in [0.1, 0.15) is 5.89 Å². The average Bonchev–Trinajstić information content (AvgIpc) is 3.37. The summed E-state index contributed by atoms with van der Waals surface area (Å²) in [5, 5.41) is 4.89. The number of aromatic nitrogens is 4. The van der Waals surface area contributed by atoms with Crippen molar-refractivity contribution in [1.82, 2.24) is 20.1 Å². The predicted octanol–water partition coefficient (Wildman–Crippen LogP) is 5.90. The highest BCUT2D eigenvalue weighted by atomic mass is 79.9. The summed E-state index contributed by atoms with van der Waals surface area (Å²) in [7, 11) is 0. The van der Waals surface area contributed by atoms with Crippen molar-refractivity contribution in [3.05, 3.63) is 65.1 Å². The van der Waals surface area contributed by atoms with E-state index in [2.05, 4.69) is 54.4 Å². The lowest BCUT2D eigenvalue weighted by atomic mass is 10.2. The van der Waals surface area contributed by atoms with E-state index in [9.17, 15) is 0 Å². The number of hydrogen-bond acceptors (Lipinski definition) is 6. The molecule has 0 atom stereocenters. The van der Waals surface area contributed by atoms with Gasteiger partial charge < -0.3 is 9.51 Å². The second-order valence-corrected chi connectivity index (χ2v) is 8.40. The maximum Gasteiger partial charge on any atom is 0.237 e. The van der Waals surface area contributed by atoms with Crippen molar-refractivity contribution < 1.29 is 4.52 Å². The van der Waals surface area contributed by atoms with Crippen molar-refractivity contribution >= 4 is 39.5 Å². The van der Waals surface area contributed by atoms with Crippen LogP contribution in [0.4, 0.5) is 0 Å². The zero-order valence-corrected chi connectivity index (χ0v) is 17.6. The van der Waals surface area contributed by atoms with Crippen molar-refractivity contribution in [3.63, 3.8) is 0 Å². The molecule has 27 heavy (non-hydrogen) atoms. The SMILES string of the molecule is CSc1ccc(-c2noc(CSc3ncc(-c4ccc(Br)cc4)[nH]3)n2)cc1. The van der Waals surface area contributed by atoms with Gasteiger partial charge in [-0.05, 0) is 48.2 Å². The number of thioether (sulfide) groups is 2. The molecule has 5 nitrogen and oxygen atoms in total. The third kappa shape index (κ3) is 4.45. The van der Waals surface area contributed by atoms with Crippen molar-refractivity contribution in [3.8, 4) is 22.6 Å². The monoisotopic (exact) mass is 458 g/mol. The zero-order chi connectivity index (χ0) is 18.6. The summed E-state index contributed by atoms with van der Waals surface area (Å²) in [6.07, 6.45) is 3.88. The van der Waals surface area contributed by atoms with Crippen LogP contribution in [0.15, 0.2) is 73.8 Å². The normalized spacial score (nSPS) is 11.0. The molecule has 0 aliphatic heterocycles. The molecule has 136 valence electrons.